The van der Waals surface area contributed by atoms with Gasteiger partial charge in [-0.05, 0) is 54.8 Å². The van der Waals surface area contributed by atoms with E-state index in [1.807, 2.05) is 24.3 Å². The van der Waals surface area contributed by atoms with Gasteiger partial charge >= 0.3 is 0 Å². The van der Waals surface area contributed by atoms with Crippen LogP contribution in [0.5, 0.6) is 0 Å². The molecular weight excluding hydrogens is 480 g/mol. The van der Waals surface area contributed by atoms with Gasteiger partial charge in [0.2, 0.25) is 15.9 Å². The SMILES string of the molecule is O=C(CN(Cc1ccc(Br)cc1)S(=O)(=O)c1ccc(Cl)cc1)NC[C@@H]1CCCO1. The van der Waals surface area contributed by atoms with Gasteiger partial charge in [0.25, 0.3) is 0 Å². The minimum Gasteiger partial charge on any atom is -0.376 e. The molecule has 0 aliphatic carbocycles. The Hall–Kier alpha value is -1.45. The zero-order chi connectivity index (χ0) is 20.9. The second-order valence-electron chi connectivity index (χ2n) is 6.79. The average Bonchev–Trinajstić information content (AvgIpc) is 3.21. The molecule has 0 aromatic heterocycles. The molecule has 2 aromatic carbocycles. The molecule has 1 amide bonds. The van der Waals surface area contributed by atoms with E-state index in [2.05, 4.69) is 21.2 Å². The van der Waals surface area contributed by atoms with Crippen LogP contribution in [-0.2, 0) is 26.1 Å². The highest BCUT2D eigenvalue weighted by atomic mass is 79.9. The second-order valence-corrected chi connectivity index (χ2v) is 10.1. The lowest BCUT2D eigenvalue weighted by atomic mass is 10.2. The van der Waals surface area contributed by atoms with E-state index in [0.717, 1.165) is 22.9 Å². The summed E-state index contributed by atoms with van der Waals surface area (Å²) in [6.45, 7) is 0.868. The number of amides is 1. The van der Waals surface area contributed by atoms with Crippen molar-refractivity contribution in [1.82, 2.24) is 9.62 Å². The molecule has 1 saturated heterocycles. The molecule has 1 heterocycles. The van der Waals surface area contributed by atoms with Crippen molar-refractivity contribution in [3.63, 3.8) is 0 Å². The third-order valence-corrected chi connectivity index (χ3v) is 7.18. The monoisotopic (exact) mass is 500 g/mol. The van der Waals surface area contributed by atoms with Gasteiger partial charge in [-0.3, -0.25) is 4.79 Å². The van der Waals surface area contributed by atoms with Crippen molar-refractivity contribution in [3.8, 4) is 0 Å². The maximum absolute atomic E-state index is 13.2. The fraction of sp³-hybridized carbons (Fsp3) is 0.350. The number of nitrogens with one attached hydrogen (secondary N) is 1. The number of hydrogen-bond donors (Lipinski definition) is 1. The van der Waals surface area contributed by atoms with Crippen LogP contribution in [0.15, 0.2) is 57.9 Å². The molecule has 0 radical (unpaired) electrons. The van der Waals surface area contributed by atoms with Gasteiger partial charge in [0, 0.05) is 29.2 Å². The number of ether oxygens (including phenoxy) is 1. The molecule has 1 aliphatic rings. The van der Waals surface area contributed by atoms with E-state index in [0.29, 0.717) is 18.2 Å². The summed E-state index contributed by atoms with van der Waals surface area (Å²) >= 11 is 9.25. The molecule has 0 saturated carbocycles. The topological polar surface area (TPSA) is 75.7 Å². The van der Waals surface area contributed by atoms with E-state index < -0.39 is 10.0 Å². The number of sulfonamides is 1. The first kappa shape index (κ1) is 22.2. The number of halogens is 2. The summed E-state index contributed by atoms with van der Waals surface area (Å²) in [5.41, 5.74) is 0.776. The number of rotatable bonds is 8. The molecule has 0 spiro atoms. The van der Waals surface area contributed by atoms with E-state index in [1.165, 1.54) is 28.6 Å². The van der Waals surface area contributed by atoms with E-state index in [-0.39, 0.29) is 30.0 Å². The summed E-state index contributed by atoms with van der Waals surface area (Å²) in [7, 11) is -3.89. The van der Waals surface area contributed by atoms with Crippen LogP contribution in [0.3, 0.4) is 0 Å². The van der Waals surface area contributed by atoms with Gasteiger partial charge in [0.15, 0.2) is 0 Å². The Labute approximate surface area is 184 Å². The Morgan fingerprint density at radius 1 is 1.17 bits per heavy atom. The highest BCUT2D eigenvalue weighted by molar-refractivity contribution is 9.10. The van der Waals surface area contributed by atoms with Gasteiger partial charge in [-0.1, -0.05) is 39.7 Å². The molecule has 9 heteroatoms. The summed E-state index contributed by atoms with van der Waals surface area (Å²) in [6, 6.07) is 13.2. The Kier molecular flexibility index (Phi) is 7.70. The fourth-order valence-corrected chi connectivity index (χ4v) is 4.80. The van der Waals surface area contributed by atoms with E-state index >= 15 is 0 Å². The van der Waals surface area contributed by atoms with E-state index in [9.17, 15) is 13.2 Å². The molecule has 1 fully saturated rings. The smallest absolute Gasteiger partial charge is 0.243 e. The van der Waals surface area contributed by atoms with Gasteiger partial charge in [0.05, 0.1) is 17.5 Å². The highest BCUT2D eigenvalue weighted by Crippen LogP contribution is 2.21. The van der Waals surface area contributed by atoms with Crippen LogP contribution < -0.4 is 5.32 Å². The maximum Gasteiger partial charge on any atom is 0.243 e. The highest BCUT2D eigenvalue weighted by Gasteiger charge is 2.27. The lowest BCUT2D eigenvalue weighted by Crippen LogP contribution is -2.42. The molecule has 29 heavy (non-hydrogen) atoms. The van der Waals surface area contributed by atoms with Crippen LogP contribution in [0.25, 0.3) is 0 Å². The first-order chi connectivity index (χ1) is 13.8. The third kappa shape index (κ3) is 6.26. The Morgan fingerprint density at radius 2 is 1.86 bits per heavy atom. The van der Waals surface area contributed by atoms with Crippen molar-refractivity contribution < 1.29 is 17.9 Å². The van der Waals surface area contributed by atoms with Crippen LogP contribution in [-0.4, -0.2) is 44.4 Å². The van der Waals surface area contributed by atoms with Gasteiger partial charge in [0.1, 0.15) is 0 Å². The molecule has 1 aliphatic heterocycles. The molecule has 0 unspecified atom stereocenters. The van der Waals surface area contributed by atoms with Crippen molar-refractivity contribution in [2.24, 2.45) is 0 Å². The minimum absolute atomic E-state index is 0.00764. The minimum atomic E-state index is -3.89. The molecule has 156 valence electrons. The van der Waals surface area contributed by atoms with Gasteiger partial charge in [-0.15, -0.1) is 0 Å². The molecule has 3 rings (SSSR count). The zero-order valence-electron chi connectivity index (χ0n) is 15.7. The average molecular weight is 502 g/mol. The van der Waals surface area contributed by atoms with E-state index in [1.54, 1.807) is 0 Å². The van der Waals surface area contributed by atoms with Gasteiger partial charge in [-0.2, -0.15) is 4.31 Å². The van der Waals surface area contributed by atoms with Gasteiger partial charge < -0.3 is 10.1 Å². The van der Waals surface area contributed by atoms with Crippen LogP contribution in [0.1, 0.15) is 18.4 Å². The molecule has 2 aromatic rings. The van der Waals surface area contributed by atoms with Crippen molar-refractivity contribution in [3.05, 3.63) is 63.6 Å². The zero-order valence-corrected chi connectivity index (χ0v) is 18.8. The number of nitrogens with zero attached hydrogens (tertiary/aromatic N) is 1. The standard InChI is InChI=1S/C20H22BrClN2O4S/c21-16-5-3-15(4-6-16)13-24(14-20(25)23-12-18-2-1-11-28-18)29(26,27)19-9-7-17(22)8-10-19/h3-10,18H,1-2,11-14H2,(H,23,25)/t18-/m0/s1. The summed E-state index contributed by atoms with van der Waals surface area (Å²) in [5, 5.41) is 3.23. The van der Waals surface area contributed by atoms with E-state index in [4.69, 9.17) is 16.3 Å². The Morgan fingerprint density at radius 3 is 2.48 bits per heavy atom. The number of carbonyl (C=O) groups is 1. The quantitative estimate of drug-likeness (QED) is 0.600. The molecule has 1 atom stereocenters. The van der Waals surface area contributed by atoms with Crippen molar-refractivity contribution in [1.29, 1.82) is 0 Å². The summed E-state index contributed by atoms with van der Waals surface area (Å²) in [5.74, 6) is -0.366. The van der Waals surface area contributed by atoms with Crippen molar-refractivity contribution >= 4 is 43.5 Å². The molecule has 1 N–H and O–H groups in total. The van der Waals surface area contributed by atoms with Crippen LogP contribution in [0.2, 0.25) is 5.02 Å². The molecule has 6 nitrogen and oxygen atoms in total. The van der Waals surface area contributed by atoms with Crippen LogP contribution >= 0.6 is 27.5 Å². The second kappa shape index (κ2) is 10.0. The Bertz CT molecular complexity index is 930. The molecular formula is C20H22BrClN2O4S. The van der Waals surface area contributed by atoms with Crippen molar-refractivity contribution in [2.75, 3.05) is 19.7 Å². The van der Waals surface area contributed by atoms with Crippen LogP contribution in [0.4, 0.5) is 0 Å². The predicted octanol–water partition coefficient (Wildman–Crippen LogP) is 3.59. The van der Waals surface area contributed by atoms with Crippen molar-refractivity contribution in [2.45, 2.75) is 30.4 Å². The fourth-order valence-electron chi connectivity index (χ4n) is 3.02. The predicted molar refractivity (Wildman–Crippen MR) is 115 cm³/mol. The lowest BCUT2D eigenvalue weighted by molar-refractivity contribution is -0.121. The largest absolute Gasteiger partial charge is 0.376 e. The first-order valence-electron chi connectivity index (χ1n) is 9.23. The third-order valence-electron chi connectivity index (χ3n) is 4.59. The lowest BCUT2D eigenvalue weighted by Gasteiger charge is -2.22. The summed E-state index contributed by atoms with van der Waals surface area (Å²) in [6.07, 6.45) is 1.86. The summed E-state index contributed by atoms with van der Waals surface area (Å²) in [4.78, 5) is 12.6. The summed E-state index contributed by atoms with van der Waals surface area (Å²) < 4.78 is 33.9. The Balaban J connectivity index is 1.77. The van der Waals surface area contributed by atoms with Crippen LogP contribution in [0, 0.1) is 0 Å². The normalized spacial score (nSPS) is 16.9. The number of carbonyl (C=O) groups excluding carboxylic acids is 1. The maximum atomic E-state index is 13.2. The van der Waals surface area contributed by atoms with Gasteiger partial charge in [-0.25, -0.2) is 8.42 Å². The first-order valence-corrected chi connectivity index (χ1v) is 11.8. The molecule has 0 bridgehead atoms. The number of benzene rings is 2. The number of hydrogen-bond acceptors (Lipinski definition) is 4.